The Labute approximate surface area is 109 Å². The number of ether oxygens (including phenoxy) is 1. The lowest BCUT2D eigenvalue weighted by Crippen LogP contribution is -2.33. The van der Waals surface area contributed by atoms with Crippen molar-refractivity contribution in [3.05, 3.63) is 23.8 Å². The topological polar surface area (TPSA) is 67.4 Å². The zero-order chi connectivity index (χ0) is 13.8. The molecule has 0 bridgehead atoms. The van der Waals surface area contributed by atoms with Gasteiger partial charge in [-0.05, 0) is 44.7 Å². The Morgan fingerprint density at radius 2 is 2.06 bits per heavy atom. The Morgan fingerprint density at radius 3 is 2.56 bits per heavy atom. The Kier molecular flexibility index (Phi) is 4.98. The van der Waals surface area contributed by atoms with Crippen LogP contribution in [0, 0.1) is 6.92 Å². The highest BCUT2D eigenvalue weighted by Gasteiger charge is 2.20. The zero-order valence-corrected chi connectivity index (χ0v) is 12.0. The molecule has 1 rings (SSSR count). The lowest BCUT2D eigenvalue weighted by molar-refractivity contribution is 0.414. The summed E-state index contributed by atoms with van der Waals surface area (Å²) in [6.45, 7) is 3.91. The average Bonchev–Trinajstić information content (AvgIpc) is 2.32. The zero-order valence-electron chi connectivity index (χ0n) is 11.1. The van der Waals surface area contributed by atoms with Crippen LogP contribution in [-0.4, -0.2) is 34.4 Å². The molecule has 6 heteroatoms. The SMILES string of the molecule is CNCC(C)S(=O)(=O)Nc1ccc(OC)cc1C. The van der Waals surface area contributed by atoms with Crippen molar-refractivity contribution >= 4 is 15.7 Å². The third-order valence-corrected chi connectivity index (χ3v) is 4.44. The van der Waals surface area contributed by atoms with Gasteiger partial charge in [-0.1, -0.05) is 0 Å². The predicted octanol–water partition coefficient (Wildman–Crippen LogP) is 1.35. The molecule has 0 aliphatic carbocycles. The lowest BCUT2D eigenvalue weighted by Gasteiger charge is -2.16. The number of nitrogens with one attached hydrogen (secondary N) is 2. The monoisotopic (exact) mass is 272 g/mol. The molecule has 1 atom stereocenters. The molecular formula is C12H20N2O3S. The average molecular weight is 272 g/mol. The van der Waals surface area contributed by atoms with E-state index in [2.05, 4.69) is 10.0 Å². The number of hydrogen-bond donors (Lipinski definition) is 2. The molecule has 0 aromatic heterocycles. The lowest BCUT2D eigenvalue weighted by atomic mass is 10.2. The summed E-state index contributed by atoms with van der Waals surface area (Å²) in [5.74, 6) is 0.707. The molecule has 2 N–H and O–H groups in total. The van der Waals surface area contributed by atoms with Crippen LogP contribution in [0.4, 0.5) is 5.69 Å². The maximum absolute atomic E-state index is 12.0. The van der Waals surface area contributed by atoms with Gasteiger partial charge < -0.3 is 10.1 Å². The Bertz CT molecular complexity index is 500. The van der Waals surface area contributed by atoms with E-state index in [4.69, 9.17) is 4.74 Å². The van der Waals surface area contributed by atoms with Crippen LogP contribution in [0.3, 0.4) is 0 Å². The standard InChI is InChI=1S/C12H20N2O3S/c1-9-7-11(17-4)5-6-12(9)14-18(15,16)10(2)8-13-3/h5-7,10,13-14H,8H2,1-4H3. The highest BCUT2D eigenvalue weighted by atomic mass is 32.2. The van der Waals surface area contributed by atoms with Gasteiger partial charge in [0.15, 0.2) is 0 Å². The van der Waals surface area contributed by atoms with E-state index in [1.807, 2.05) is 6.92 Å². The number of rotatable bonds is 6. The summed E-state index contributed by atoms with van der Waals surface area (Å²) in [5, 5.41) is 2.36. The minimum atomic E-state index is -3.37. The fourth-order valence-electron chi connectivity index (χ4n) is 1.53. The molecule has 0 heterocycles. The molecule has 18 heavy (non-hydrogen) atoms. The molecule has 1 aromatic carbocycles. The molecule has 0 spiro atoms. The maximum atomic E-state index is 12.0. The third kappa shape index (κ3) is 3.61. The Hall–Kier alpha value is -1.27. The van der Waals surface area contributed by atoms with Crippen molar-refractivity contribution in [1.82, 2.24) is 5.32 Å². The summed E-state index contributed by atoms with van der Waals surface area (Å²) in [5.41, 5.74) is 1.41. The number of aryl methyl sites for hydroxylation is 1. The molecule has 0 aliphatic heterocycles. The molecule has 0 saturated carbocycles. The van der Waals surface area contributed by atoms with Crippen LogP contribution < -0.4 is 14.8 Å². The second-order valence-corrected chi connectivity index (χ2v) is 6.30. The molecule has 5 nitrogen and oxygen atoms in total. The van der Waals surface area contributed by atoms with Crippen LogP contribution in [-0.2, 0) is 10.0 Å². The van der Waals surface area contributed by atoms with Gasteiger partial charge >= 0.3 is 0 Å². The first-order valence-electron chi connectivity index (χ1n) is 5.71. The minimum absolute atomic E-state index is 0.407. The Balaban J connectivity index is 2.91. The van der Waals surface area contributed by atoms with Crippen molar-refractivity contribution in [2.24, 2.45) is 0 Å². The summed E-state index contributed by atoms with van der Waals surface area (Å²) < 4.78 is 31.7. The summed E-state index contributed by atoms with van der Waals surface area (Å²) in [6, 6.07) is 5.23. The smallest absolute Gasteiger partial charge is 0.236 e. The quantitative estimate of drug-likeness (QED) is 0.820. The molecule has 1 unspecified atom stereocenters. The first kappa shape index (κ1) is 14.8. The van der Waals surface area contributed by atoms with Gasteiger partial charge in [-0.3, -0.25) is 4.72 Å². The number of hydrogen-bond acceptors (Lipinski definition) is 4. The highest BCUT2D eigenvalue weighted by molar-refractivity contribution is 7.93. The number of methoxy groups -OCH3 is 1. The van der Waals surface area contributed by atoms with E-state index in [1.165, 1.54) is 0 Å². The predicted molar refractivity (Wildman–Crippen MR) is 73.7 cm³/mol. The van der Waals surface area contributed by atoms with Crippen LogP contribution >= 0.6 is 0 Å². The van der Waals surface area contributed by atoms with E-state index in [0.29, 0.717) is 18.0 Å². The molecule has 0 fully saturated rings. The van der Waals surface area contributed by atoms with E-state index >= 15 is 0 Å². The fourth-order valence-corrected chi connectivity index (χ4v) is 2.65. The van der Waals surface area contributed by atoms with Crippen molar-refractivity contribution < 1.29 is 13.2 Å². The number of benzene rings is 1. The maximum Gasteiger partial charge on any atom is 0.236 e. The normalized spacial score (nSPS) is 13.1. The van der Waals surface area contributed by atoms with Gasteiger partial charge in [0, 0.05) is 6.54 Å². The summed E-state index contributed by atoms with van der Waals surface area (Å²) >= 11 is 0. The second-order valence-electron chi connectivity index (χ2n) is 4.20. The number of anilines is 1. The molecule has 1 aromatic rings. The first-order chi connectivity index (χ1) is 8.40. The van der Waals surface area contributed by atoms with Gasteiger partial charge in [0.25, 0.3) is 0 Å². The molecule has 0 aliphatic rings. The summed E-state index contributed by atoms with van der Waals surface area (Å²) in [7, 11) is -0.0670. The van der Waals surface area contributed by atoms with E-state index in [1.54, 1.807) is 39.3 Å². The van der Waals surface area contributed by atoms with Gasteiger partial charge in [-0.25, -0.2) is 8.42 Å². The van der Waals surface area contributed by atoms with E-state index in [0.717, 1.165) is 5.56 Å². The molecule has 0 saturated heterocycles. The van der Waals surface area contributed by atoms with Gasteiger partial charge in [0.2, 0.25) is 10.0 Å². The van der Waals surface area contributed by atoms with Gasteiger partial charge in [0.05, 0.1) is 18.0 Å². The van der Waals surface area contributed by atoms with Crippen molar-refractivity contribution in [3.8, 4) is 5.75 Å². The largest absolute Gasteiger partial charge is 0.497 e. The molecule has 102 valence electrons. The third-order valence-electron chi connectivity index (χ3n) is 2.71. The van der Waals surface area contributed by atoms with E-state index in [-0.39, 0.29) is 0 Å². The van der Waals surface area contributed by atoms with Crippen molar-refractivity contribution in [2.75, 3.05) is 25.4 Å². The van der Waals surface area contributed by atoms with Crippen LogP contribution in [0.25, 0.3) is 0 Å². The second kappa shape index (κ2) is 6.06. The van der Waals surface area contributed by atoms with Crippen LogP contribution in [0.5, 0.6) is 5.75 Å². The molecular weight excluding hydrogens is 252 g/mol. The van der Waals surface area contributed by atoms with Crippen molar-refractivity contribution in [3.63, 3.8) is 0 Å². The molecule has 0 radical (unpaired) electrons. The van der Waals surface area contributed by atoms with Gasteiger partial charge in [-0.15, -0.1) is 0 Å². The number of sulfonamides is 1. The summed E-state index contributed by atoms with van der Waals surface area (Å²) in [4.78, 5) is 0. The minimum Gasteiger partial charge on any atom is -0.497 e. The highest BCUT2D eigenvalue weighted by Crippen LogP contribution is 2.22. The Morgan fingerprint density at radius 1 is 1.39 bits per heavy atom. The summed E-state index contributed by atoms with van der Waals surface area (Å²) in [6.07, 6.45) is 0. The van der Waals surface area contributed by atoms with Crippen LogP contribution in [0.1, 0.15) is 12.5 Å². The van der Waals surface area contributed by atoms with Crippen molar-refractivity contribution in [2.45, 2.75) is 19.1 Å². The van der Waals surface area contributed by atoms with E-state index in [9.17, 15) is 8.42 Å². The van der Waals surface area contributed by atoms with Crippen molar-refractivity contribution in [1.29, 1.82) is 0 Å². The van der Waals surface area contributed by atoms with Gasteiger partial charge in [0.1, 0.15) is 5.75 Å². The fraction of sp³-hybridized carbons (Fsp3) is 0.500. The van der Waals surface area contributed by atoms with Crippen LogP contribution in [0.15, 0.2) is 18.2 Å². The molecule has 0 amide bonds. The van der Waals surface area contributed by atoms with E-state index < -0.39 is 15.3 Å². The van der Waals surface area contributed by atoms with Crippen LogP contribution in [0.2, 0.25) is 0 Å². The van der Waals surface area contributed by atoms with Gasteiger partial charge in [-0.2, -0.15) is 0 Å². The first-order valence-corrected chi connectivity index (χ1v) is 7.26.